The van der Waals surface area contributed by atoms with Gasteiger partial charge in [0.1, 0.15) is 5.82 Å². The zero-order chi connectivity index (χ0) is 13.1. The number of rotatable bonds is 5. The first-order chi connectivity index (χ1) is 9.38. The number of fused-ring (bicyclic) bond motifs is 1. The molecule has 3 rings (SSSR count). The molecule has 0 fully saturated rings. The monoisotopic (exact) mass is 271 g/mol. The zero-order valence-corrected chi connectivity index (χ0v) is 11.6. The van der Waals surface area contributed by atoms with Crippen molar-refractivity contribution in [3.63, 3.8) is 0 Å². The Hall–Kier alpha value is -1.65. The molecule has 0 saturated carbocycles. The lowest BCUT2D eigenvalue weighted by atomic mass is 10.2. The summed E-state index contributed by atoms with van der Waals surface area (Å²) in [6.45, 7) is 0.645. The molecular weight excluding hydrogens is 254 g/mol. The fourth-order valence-electron chi connectivity index (χ4n) is 2.36. The van der Waals surface area contributed by atoms with Gasteiger partial charge in [0.2, 0.25) is 0 Å². The molecule has 3 aromatic rings. The predicted molar refractivity (Wildman–Crippen MR) is 79.7 cm³/mol. The highest BCUT2D eigenvalue weighted by Crippen LogP contribution is 2.17. The first kappa shape index (κ1) is 12.4. The van der Waals surface area contributed by atoms with Gasteiger partial charge in [0.25, 0.3) is 0 Å². The summed E-state index contributed by atoms with van der Waals surface area (Å²) in [6, 6.07) is 10.5. The Morgan fingerprint density at radius 1 is 1.11 bits per heavy atom. The molecule has 3 heterocycles. The molecule has 19 heavy (non-hydrogen) atoms. The lowest BCUT2D eigenvalue weighted by Gasteiger charge is -1.99. The minimum atomic E-state index is 0.645. The molecule has 0 amide bonds. The van der Waals surface area contributed by atoms with Crippen LogP contribution in [-0.2, 0) is 19.3 Å². The van der Waals surface area contributed by atoms with Gasteiger partial charge in [-0.2, -0.15) is 0 Å². The Bertz CT molecular complexity index is 655. The second-order valence-electron chi connectivity index (χ2n) is 4.55. The SMILES string of the molecule is NCCc1nc(CCc2cccs2)n2ccccc12. The number of aromatic nitrogens is 2. The summed E-state index contributed by atoms with van der Waals surface area (Å²) in [6.07, 6.45) is 4.95. The van der Waals surface area contributed by atoms with Gasteiger partial charge in [-0.3, -0.25) is 0 Å². The van der Waals surface area contributed by atoms with Crippen LogP contribution in [0.3, 0.4) is 0 Å². The molecule has 0 spiro atoms. The summed E-state index contributed by atoms with van der Waals surface area (Å²) in [5.41, 5.74) is 7.97. The maximum Gasteiger partial charge on any atom is 0.113 e. The average Bonchev–Trinajstić information content (AvgIpc) is 3.06. The third-order valence-corrected chi connectivity index (χ3v) is 4.19. The normalized spacial score (nSPS) is 11.2. The van der Waals surface area contributed by atoms with Crippen LogP contribution in [0.2, 0.25) is 0 Å². The summed E-state index contributed by atoms with van der Waals surface area (Å²) in [7, 11) is 0. The second kappa shape index (κ2) is 5.55. The van der Waals surface area contributed by atoms with Gasteiger partial charge in [-0.05, 0) is 36.5 Å². The third kappa shape index (κ3) is 2.55. The molecule has 0 aromatic carbocycles. The van der Waals surface area contributed by atoms with Crippen molar-refractivity contribution in [1.29, 1.82) is 0 Å². The van der Waals surface area contributed by atoms with E-state index >= 15 is 0 Å². The van der Waals surface area contributed by atoms with Crippen LogP contribution in [0.5, 0.6) is 0 Å². The molecule has 0 aliphatic rings. The van der Waals surface area contributed by atoms with Crippen LogP contribution in [0.1, 0.15) is 16.4 Å². The van der Waals surface area contributed by atoms with E-state index < -0.39 is 0 Å². The lowest BCUT2D eigenvalue weighted by molar-refractivity contribution is 0.850. The van der Waals surface area contributed by atoms with Gasteiger partial charge in [-0.25, -0.2) is 4.98 Å². The molecule has 98 valence electrons. The highest BCUT2D eigenvalue weighted by atomic mass is 32.1. The van der Waals surface area contributed by atoms with E-state index in [-0.39, 0.29) is 0 Å². The number of hydrogen-bond donors (Lipinski definition) is 1. The Balaban J connectivity index is 1.90. The average molecular weight is 271 g/mol. The van der Waals surface area contributed by atoms with E-state index in [1.54, 1.807) is 0 Å². The van der Waals surface area contributed by atoms with E-state index in [1.807, 2.05) is 11.3 Å². The summed E-state index contributed by atoms with van der Waals surface area (Å²) >= 11 is 1.81. The topological polar surface area (TPSA) is 43.3 Å². The van der Waals surface area contributed by atoms with Crippen molar-refractivity contribution in [1.82, 2.24) is 9.38 Å². The van der Waals surface area contributed by atoms with Crippen molar-refractivity contribution in [2.75, 3.05) is 6.54 Å². The van der Waals surface area contributed by atoms with Crippen molar-refractivity contribution in [2.24, 2.45) is 5.73 Å². The van der Waals surface area contributed by atoms with Crippen LogP contribution in [0.15, 0.2) is 41.9 Å². The molecule has 0 unspecified atom stereocenters. The van der Waals surface area contributed by atoms with Gasteiger partial charge < -0.3 is 10.1 Å². The first-order valence-corrected chi connectivity index (χ1v) is 7.44. The standard InChI is InChI=1S/C15H17N3S/c16-9-8-13-14-5-1-2-10-18(14)15(17-13)7-6-12-4-3-11-19-12/h1-5,10-11H,6-9,16H2. The summed E-state index contributed by atoms with van der Waals surface area (Å²) in [4.78, 5) is 6.18. The van der Waals surface area contributed by atoms with Crippen LogP contribution in [0.25, 0.3) is 5.52 Å². The van der Waals surface area contributed by atoms with E-state index in [1.165, 1.54) is 10.4 Å². The summed E-state index contributed by atoms with van der Waals surface area (Å²) in [5, 5.41) is 2.12. The van der Waals surface area contributed by atoms with E-state index in [4.69, 9.17) is 10.7 Å². The lowest BCUT2D eigenvalue weighted by Crippen LogP contribution is -2.03. The molecule has 0 bridgehead atoms. The number of hydrogen-bond acceptors (Lipinski definition) is 3. The fraction of sp³-hybridized carbons (Fsp3) is 0.267. The minimum absolute atomic E-state index is 0.645. The van der Waals surface area contributed by atoms with Crippen LogP contribution in [0.4, 0.5) is 0 Å². The molecule has 0 atom stereocenters. The van der Waals surface area contributed by atoms with Crippen molar-refractivity contribution in [2.45, 2.75) is 19.3 Å². The van der Waals surface area contributed by atoms with Crippen molar-refractivity contribution < 1.29 is 0 Å². The molecule has 0 radical (unpaired) electrons. The molecule has 4 heteroatoms. The quantitative estimate of drug-likeness (QED) is 0.775. The molecular formula is C15H17N3S. The van der Waals surface area contributed by atoms with Gasteiger partial charge in [0.05, 0.1) is 11.2 Å². The van der Waals surface area contributed by atoms with Crippen LogP contribution in [-0.4, -0.2) is 15.9 Å². The molecule has 0 aliphatic heterocycles. The predicted octanol–water partition coefficient (Wildman–Crippen LogP) is 2.68. The molecule has 0 aliphatic carbocycles. The summed E-state index contributed by atoms with van der Waals surface area (Å²) in [5.74, 6) is 1.13. The van der Waals surface area contributed by atoms with Crippen molar-refractivity contribution in [3.05, 3.63) is 58.3 Å². The van der Waals surface area contributed by atoms with E-state index in [0.717, 1.165) is 30.8 Å². The molecule has 3 nitrogen and oxygen atoms in total. The van der Waals surface area contributed by atoms with Gasteiger partial charge in [-0.15, -0.1) is 11.3 Å². The fourth-order valence-corrected chi connectivity index (χ4v) is 3.07. The maximum atomic E-state index is 5.66. The first-order valence-electron chi connectivity index (χ1n) is 6.56. The minimum Gasteiger partial charge on any atom is -0.330 e. The molecule has 3 aromatic heterocycles. The Kier molecular flexibility index (Phi) is 3.62. The highest BCUT2D eigenvalue weighted by molar-refractivity contribution is 7.09. The second-order valence-corrected chi connectivity index (χ2v) is 5.58. The number of nitrogens with zero attached hydrogens (tertiary/aromatic N) is 2. The van der Waals surface area contributed by atoms with Gasteiger partial charge in [-0.1, -0.05) is 12.1 Å². The van der Waals surface area contributed by atoms with E-state index in [2.05, 4.69) is 46.3 Å². The molecule has 2 N–H and O–H groups in total. The zero-order valence-electron chi connectivity index (χ0n) is 10.7. The Labute approximate surface area is 116 Å². The van der Waals surface area contributed by atoms with Crippen molar-refractivity contribution in [3.8, 4) is 0 Å². The van der Waals surface area contributed by atoms with Crippen LogP contribution in [0, 0.1) is 0 Å². The number of nitrogens with two attached hydrogens (primary N) is 1. The van der Waals surface area contributed by atoms with Gasteiger partial charge >= 0.3 is 0 Å². The maximum absolute atomic E-state index is 5.66. The number of pyridine rings is 1. The van der Waals surface area contributed by atoms with Crippen LogP contribution >= 0.6 is 11.3 Å². The van der Waals surface area contributed by atoms with Gasteiger partial charge in [0, 0.05) is 23.9 Å². The number of aryl methyl sites for hydroxylation is 2. The molecule has 0 saturated heterocycles. The Morgan fingerprint density at radius 2 is 2.05 bits per heavy atom. The van der Waals surface area contributed by atoms with E-state index in [0.29, 0.717) is 6.54 Å². The van der Waals surface area contributed by atoms with Gasteiger partial charge in [0.15, 0.2) is 0 Å². The van der Waals surface area contributed by atoms with E-state index in [9.17, 15) is 0 Å². The Morgan fingerprint density at radius 3 is 2.84 bits per heavy atom. The smallest absolute Gasteiger partial charge is 0.113 e. The number of imidazole rings is 1. The van der Waals surface area contributed by atoms with Crippen molar-refractivity contribution >= 4 is 16.9 Å². The van der Waals surface area contributed by atoms with Crippen LogP contribution < -0.4 is 5.73 Å². The largest absolute Gasteiger partial charge is 0.330 e. The number of thiophene rings is 1. The third-order valence-electron chi connectivity index (χ3n) is 3.25. The highest BCUT2D eigenvalue weighted by Gasteiger charge is 2.09. The summed E-state index contributed by atoms with van der Waals surface area (Å²) < 4.78 is 2.19.